The van der Waals surface area contributed by atoms with Gasteiger partial charge in [0.1, 0.15) is 0 Å². The molecule has 90 valence electrons. The summed E-state index contributed by atoms with van der Waals surface area (Å²) in [6, 6.07) is 7.61. The summed E-state index contributed by atoms with van der Waals surface area (Å²) < 4.78 is 10.5. The lowest BCUT2D eigenvalue weighted by Crippen LogP contribution is -1.96. The quantitative estimate of drug-likeness (QED) is 0.874. The zero-order valence-electron chi connectivity index (χ0n) is 9.93. The van der Waals surface area contributed by atoms with E-state index in [9.17, 15) is 0 Å². The second-order valence-electron chi connectivity index (χ2n) is 3.68. The van der Waals surface area contributed by atoms with Gasteiger partial charge < -0.3 is 14.6 Å². The average molecular weight is 233 g/mol. The summed E-state index contributed by atoms with van der Waals surface area (Å²) in [7, 11) is 3.21. The van der Waals surface area contributed by atoms with Crippen molar-refractivity contribution in [2.75, 3.05) is 20.8 Å². The highest BCUT2D eigenvalue weighted by Crippen LogP contribution is 2.31. The monoisotopic (exact) mass is 233 g/mol. The van der Waals surface area contributed by atoms with Crippen molar-refractivity contribution in [2.45, 2.75) is 6.42 Å². The SMILES string of the molecule is COc1cc2ccc(CCO)nc2cc1OC. The van der Waals surface area contributed by atoms with Gasteiger partial charge in [-0.05, 0) is 12.1 Å². The molecule has 0 aliphatic heterocycles. The predicted octanol–water partition coefficient (Wildman–Crippen LogP) is 1.79. The summed E-state index contributed by atoms with van der Waals surface area (Å²) in [5.74, 6) is 1.35. The highest BCUT2D eigenvalue weighted by Gasteiger charge is 2.07. The number of benzene rings is 1. The Kier molecular flexibility index (Phi) is 3.44. The molecule has 1 aromatic heterocycles. The van der Waals surface area contributed by atoms with Crippen molar-refractivity contribution in [1.29, 1.82) is 0 Å². The maximum absolute atomic E-state index is 8.89. The van der Waals surface area contributed by atoms with Crippen LogP contribution in [0.4, 0.5) is 0 Å². The van der Waals surface area contributed by atoms with Crippen LogP contribution in [0, 0.1) is 0 Å². The summed E-state index contributed by atoms with van der Waals surface area (Å²) in [5.41, 5.74) is 1.71. The Morgan fingerprint density at radius 3 is 2.47 bits per heavy atom. The van der Waals surface area contributed by atoms with Crippen molar-refractivity contribution < 1.29 is 14.6 Å². The molecule has 0 bridgehead atoms. The Bertz CT molecular complexity index is 525. The third-order valence-electron chi connectivity index (χ3n) is 2.62. The molecule has 1 N–H and O–H groups in total. The van der Waals surface area contributed by atoms with Crippen molar-refractivity contribution in [3.05, 3.63) is 30.0 Å². The topological polar surface area (TPSA) is 51.6 Å². The van der Waals surface area contributed by atoms with Gasteiger partial charge in [-0.15, -0.1) is 0 Å². The minimum Gasteiger partial charge on any atom is -0.493 e. The lowest BCUT2D eigenvalue weighted by atomic mass is 10.1. The first kappa shape index (κ1) is 11.7. The van der Waals surface area contributed by atoms with Gasteiger partial charge in [-0.3, -0.25) is 4.98 Å². The number of hydrogen-bond donors (Lipinski definition) is 1. The van der Waals surface area contributed by atoms with E-state index in [0.29, 0.717) is 17.9 Å². The summed E-state index contributed by atoms with van der Waals surface area (Å²) in [4.78, 5) is 4.45. The fourth-order valence-electron chi connectivity index (χ4n) is 1.75. The molecule has 0 amide bonds. The number of ether oxygens (including phenoxy) is 2. The number of aliphatic hydroxyl groups is 1. The average Bonchev–Trinajstić information content (AvgIpc) is 2.37. The Labute approximate surface area is 99.8 Å². The molecular formula is C13H15NO3. The first-order chi connectivity index (χ1) is 8.28. The molecule has 1 aromatic carbocycles. The van der Waals surface area contributed by atoms with Crippen LogP contribution in [0.15, 0.2) is 24.3 Å². The van der Waals surface area contributed by atoms with Crippen molar-refractivity contribution >= 4 is 10.9 Å². The first-order valence-electron chi connectivity index (χ1n) is 5.41. The third kappa shape index (κ3) is 2.31. The molecular weight excluding hydrogens is 218 g/mol. The summed E-state index contributed by atoms with van der Waals surface area (Å²) in [6.07, 6.45) is 0.560. The molecule has 0 fully saturated rings. The van der Waals surface area contributed by atoms with Crippen LogP contribution >= 0.6 is 0 Å². The van der Waals surface area contributed by atoms with Crippen LogP contribution in [-0.4, -0.2) is 30.9 Å². The number of rotatable bonds is 4. The van der Waals surface area contributed by atoms with Gasteiger partial charge in [0.05, 0.1) is 19.7 Å². The van der Waals surface area contributed by atoms with Crippen LogP contribution in [-0.2, 0) is 6.42 Å². The second-order valence-corrected chi connectivity index (χ2v) is 3.68. The van der Waals surface area contributed by atoms with Gasteiger partial charge in [-0.25, -0.2) is 0 Å². The van der Waals surface area contributed by atoms with E-state index >= 15 is 0 Å². The number of nitrogens with zero attached hydrogens (tertiary/aromatic N) is 1. The standard InChI is InChI=1S/C13H15NO3/c1-16-12-7-9-3-4-10(5-6-15)14-11(9)8-13(12)17-2/h3-4,7-8,15H,5-6H2,1-2H3. The Balaban J connectivity index is 2.54. The van der Waals surface area contributed by atoms with E-state index in [4.69, 9.17) is 14.6 Å². The van der Waals surface area contributed by atoms with Crippen molar-refractivity contribution in [2.24, 2.45) is 0 Å². The molecule has 0 atom stereocenters. The predicted molar refractivity (Wildman–Crippen MR) is 65.6 cm³/mol. The molecule has 0 saturated carbocycles. The van der Waals surface area contributed by atoms with Crippen LogP contribution in [0.3, 0.4) is 0 Å². The summed E-state index contributed by atoms with van der Waals surface area (Å²) in [6.45, 7) is 0.103. The number of aromatic nitrogens is 1. The van der Waals surface area contributed by atoms with Gasteiger partial charge in [0.2, 0.25) is 0 Å². The number of fused-ring (bicyclic) bond motifs is 1. The van der Waals surface area contributed by atoms with E-state index in [1.54, 1.807) is 14.2 Å². The van der Waals surface area contributed by atoms with E-state index in [1.165, 1.54) is 0 Å². The highest BCUT2D eigenvalue weighted by molar-refractivity contribution is 5.82. The molecule has 0 radical (unpaired) electrons. The molecule has 0 saturated heterocycles. The lowest BCUT2D eigenvalue weighted by molar-refractivity contribution is 0.298. The Morgan fingerprint density at radius 2 is 1.82 bits per heavy atom. The molecule has 2 aromatic rings. The van der Waals surface area contributed by atoms with E-state index in [2.05, 4.69) is 4.98 Å². The van der Waals surface area contributed by atoms with Gasteiger partial charge in [0.15, 0.2) is 11.5 Å². The number of hydrogen-bond acceptors (Lipinski definition) is 4. The molecule has 0 unspecified atom stereocenters. The maximum Gasteiger partial charge on any atom is 0.162 e. The van der Waals surface area contributed by atoms with Crippen LogP contribution in [0.1, 0.15) is 5.69 Å². The number of pyridine rings is 1. The van der Waals surface area contributed by atoms with Gasteiger partial charge in [-0.1, -0.05) is 6.07 Å². The third-order valence-corrected chi connectivity index (χ3v) is 2.62. The largest absolute Gasteiger partial charge is 0.493 e. The molecule has 0 aliphatic carbocycles. The minimum absolute atomic E-state index is 0.103. The molecule has 0 spiro atoms. The highest BCUT2D eigenvalue weighted by atomic mass is 16.5. The van der Waals surface area contributed by atoms with Crippen LogP contribution in [0.5, 0.6) is 11.5 Å². The van der Waals surface area contributed by atoms with Crippen LogP contribution in [0.2, 0.25) is 0 Å². The van der Waals surface area contributed by atoms with Crippen LogP contribution < -0.4 is 9.47 Å². The van der Waals surface area contributed by atoms with Gasteiger partial charge in [-0.2, -0.15) is 0 Å². The molecule has 0 aliphatic rings. The van der Waals surface area contributed by atoms with Gasteiger partial charge >= 0.3 is 0 Å². The molecule has 4 nitrogen and oxygen atoms in total. The molecule has 2 rings (SSSR count). The zero-order chi connectivity index (χ0) is 12.3. The zero-order valence-corrected chi connectivity index (χ0v) is 9.93. The normalized spacial score (nSPS) is 10.5. The van der Waals surface area contributed by atoms with Gasteiger partial charge in [0.25, 0.3) is 0 Å². The minimum atomic E-state index is 0.103. The first-order valence-corrected chi connectivity index (χ1v) is 5.41. The van der Waals surface area contributed by atoms with Crippen molar-refractivity contribution in [3.63, 3.8) is 0 Å². The van der Waals surface area contributed by atoms with Crippen molar-refractivity contribution in [3.8, 4) is 11.5 Å². The summed E-state index contributed by atoms with van der Waals surface area (Å²) >= 11 is 0. The Morgan fingerprint density at radius 1 is 1.12 bits per heavy atom. The molecule has 1 heterocycles. The van der Waals surface area contributed by atoms with E-state index in [0.717, 1.165) is 16.6 Å². The summed E-state index contributed by atoms with van der Waals surface area (Å²) in [5, 5.41) is 9.88. The Hall–Kier alpha value is -1.81. The van der Waals surface area contributed by atoms with E-state index in [1.807, 2.05) is 24.3 Å². The smallest absolute Gasteiger partial charge is 0.162 e. The fraction of sp³-hybridized carbons (Fsp3) is 0.308. The van der Waals surface area contributed by atoms with Crippen LogP contribution in [0.25, 0.3) is 10.9 Å². The maximum atomic E-state index is 8.89. The molecule has 4 heteroatoms. The van der Waals surface area contributed by atoms with E-state index in [-0.39, 0.29) is 6.61 Å². The van der Waals surface area contributed by atoms with Crippen molar-refractivity contribution in [1.82, 2.24) is 4.98 Å². The fourth-order valence-corrected chi connectivity index (χ4v) is 1.75. The van der Waals surface area contributed by atoms with Gasteiger partial charge in [0, 0.05) is 30.2 Å². The number of methoxy groups -OCH3 is 2. The number of aliphatic hydroxyl groups excluding tert-OH is 1. The van der Waals surface area contributed by atoms with E-state index < -0.39 is 0 Å². The lowest BCUT2D eigenvalue weighted by Gasteiger charge is -2.09. The second kappa shape index (κ2) is 5.01. The molecule has 17 heavy (non-hydrogen) atoms.